The number of hydrogen-bond acceptors (Lipinski definition) is 3. The van der Waals surface area contributed by atoms with Gasteiger partial charge in [-0.2, -0.15) is 0 Å². The van der Waals surface area contributed by atoms with E-state index in [1.54, 1.807) is 18.3 Å². The first-order chi connectivity index (χ1) is 9.20. The molecule has 0 saturated heterocycles. The van der Waals surface area contributed by atoms with E-state index in [1.807, 2.05) is 31.2 Å². The summed E-state index contributed by atoms with van der Waals surface area (Å²) in [4.78, 5) is 16.3. The van der Waals surface area contributed by atoms with Crippen LogP contribution < -0.4 is 10.6 Å². The lowest BCUT2D eigenvalue weighted by Gasteiger charge is -2.08. The van der Waals surface area contributed by atoms with Crippen LogP contribution in [0.25, 0.3) is 0 Å². The Morgan fingerprint density at radius 2 is 2.11 bits per heavy atom. The van der Waals surface area contributed by atoms with Gasteiger partial charge in [-0.25, -0.2) is 4.98 Å². The lowest BCUT2D eigenvalue weighted by molar-refractivity contribution is 0.102. The summed E-state index contributed by atoms with van der Waals surface area (Å²) in [5.41, 5.74) is 1.32. The summed E-state index contributed by atoms with van der Waals surface area (Å²) in [6.45, 7) is 2.75. The van der Waals surface area contributed by atoms with Crippen molar-refractivity contribution in [3.8, 4) is 0 Å². The van der Waals surface area contributed by atoms with Crippen molar-refractivity contribution < 1.29 is 4.79 Å². The van der Waals surface area contributed by atoms with Crippen LogP contribution in [0.5, 0.6) is 0 Å². The van der Waals surface area contributed by atoms with E-state index in [1.165, 1.54) is 0 Å². The molecule has 0 fully saturated rings. The van der Waals surface area contributed by atoms with Crippen molar-refractivity contribution in [2.45, 2.75) is 6.92 Å². The Balaban J connectivity index is 2.16. The molecule has 1 heterocycles. The van der Waals surface area contributed by atoms with E-state index >= 15 is 0 Å². The molecule has 0 radical (unpaired) electrons. The average Bonchev–Trinajstić information content (AvgIpc) is 2.42. The van der Waals surface area contributed by atoms with Crippen LogP contribution in [0.2, 0.25) is 0 Å². The molecule has 4 nitrogen and oxygen atoms in total. The SMILES string of the molecule is CCNc1cc(C(=O)Nc2ccccc2Br)ccn1. The van der Waals surface area contributed by atoms with Gasteiger partial charge in [0.15, 0.2) is 0 Å². The fraction of sp³-hybridized carbons (Fsp3) is 0.143. The van der Waals surface area contributed by atoms with Gasteiger partial charge in [-0.1, -0.05) is 12.1 Å². The fourth-order valence-corrected chi connectivity index (χ4v) is 1.99. The van der Waals surface area contributed by atoms with E-state index in [-0.39, 0.29) is 5.91 Å². The van der Waals surface area contributed by atoms with E-state index in [4.69, 9.17) is 0 Å². The lowest BCUT2D eigenvalue weighted by atomic mass is 10.2. The normalized spacial score (nSPS) is 10.0. The predicted octanol–water partition coefficient (Wildman–Crippen LogP) is 3.53. The van der Waals surface area contributed by atoms with Gasteiger partial charge in [0.2, 0.25) is 0 Å². The monoisotopic (exact) mass is 319 g/mol. The van der Waals surface area contributed by atoms with Gasteiger partial charge in [-0.05, 0) is 47.1 Å². The number of rotatable bonds is 4. The number of benzene rings is 1. The highest BCUT2D eigenvalue weighted by molar-refractivity contribution is 9.10. The van der Waals surface area contributed by atoms with Crippen molar-refractivity contribution in [2.24, 2.45) is 0 Å². The standard InChI is InChI=1S/C14H14BrN3O/c1-2-16-13-9-10(7-8-17-13)14(19)18-12-6-4-3-5-11(12)15/h3-9H,2H2,1H3,(H,16,17)(H,18,19). The molecule has 0 aliphatic rings. The third-order valence-electron chi connectivity index (χ3n) is 2.50. The van der Waals surface area contributed by atoms with Crippen LogP contribution in [0.3, 0.4) is 0 Å². The Kier molecular flexibility index (Phi) is 4.52. The molecule has 0 saturated carbocycles. The van der Waals surface area contributed by atoms with Crippen LogP contribution in [0.4, 0.5) is 11.5 Å². The van der Waals surface area contributed by atoms with Crippen LogP contribution in [0.15, 0.2) is 47.1 Å². The minimum atomic E-state index is -0.159. The minimum absolute atomic E-state index is 0.159. The number of nitrogens with zero attached hydrogens (tertiary/aromatic N) is 1. The van der Waals surface area contributed by atoms with Gasteiger partial charge in [0.25, 0.3) is 5.91 Å². The molecule has 2 rings (SSSR count). The second kappa shape index (κ2) is 6.33. The van der Waals surface area contributed by atoms with Crippen LogP contribution in [0, 0.1) is 0 Å². The molecule has 1 aromatic heterocycles. The molecule has 1 aromatic carbocycles. The van der Waals surface area contributed by atoms with Gasteiger partial charge in [-0.3, -0.25) is 4.79 Å². The molecule has 2 aromatic rings. The Hall–Kier alpha value is -1.88. The number of amides is 1. The third-order valence-corrected chi connectivity index (χ3v) is 3.19. The summed E-state index contributed by atoms with van der Waals surface area (Å²) >= 11 is 3.40. The molecule has 0 spiro atoms. The summed E-state index contributed by atoms with van der Waals surface area (Å²) in [6, 6.07) is 10.9. The Bertz CT molecular complexity index is 586. The lowest BCUT2D eigenvalue weighted by Crippen LogP contribution is -2.13. The molecule has 0 atom stereocenters. The van der Waals surface area contributed by atoms with Crippen LogP contribution in [-0.2, 0) is 0 Å². The first-order valence-corrected chi connectivity index (χ1v) is 6.76. The molecule has 98 valence electrons. The van der Waals surface area contributed by atoms with Crippen molar-refractivity contribution in [3.05, 3.63) is 52.6 Å². The van der Waals surface area contributed by atoms with Crippen molar-refractivity contribution >= 4 is 33.3 Å². The largest absolute Gasteiger partial charge is 0.370 e. The zero-order chi connectivity index (χ0) is 13.7. The number of halogens is 1. The Labute approximate surface area is 120 Å². The van der Waals surface area contributed by atoms with Gasteiger partial charge >= 0.3 is 0 Å². The van der Waals surface area contributed by atoms with Gasteiger partial charge in [0.05, 0.1) is 5.69 Å². The van der Waals surface area contributed by atoms with E-state index < -0.39 is 0 Å². The number of para-hydroxylation sites is 1. The number of hydrogen-bond donors (Lipinski definition) is 2. The highest BCUT2D eigenvalue weighted by Crippen LogP contribution is 2.22. The maximum atomic E-state index is 12.1. The first kappa shape index (κ1) is 13.5. The molecule has 0 aliphatic carbocycles. The molecular formula is C14H14BrN3O. The summed E-state index contributed by atoms with van der Waals surface area (Å²) in [5, 5.41) is 5.93. The van der Waals surface area contributed by atoms with Crippen LogP contribution >= 0.6 is 15.9 Å². The smallest absolute Gasteiger partial charge is 0.255 e. The molecule has 0 unspecified atom stereocenters. The summed E-state index contributed by atoms with van der Waals surface area (Å²) in [7, 11) is 0. The van der Waals surface area contributed by atoms with Gasteiger partial charge in [0.1, 0.15) is 5.82 Å². The average molecular weight is 320 g/mol. The van der Waals surface area contributed by atoms with E-state index in [0.717, 1.165) is 16.7 Å². The summed E-state index contributed by atoms with van der Waals surface area (Å²) in [6.07, 6.45) is 1.62. The quantitative estimate of drug-likeness (QED) is 0.906. The molecule has 2 N–H and O–H groups in total. The number of nitrogens with one attached hydrogen (secondary N) is 2. The second-order valence-corrected chi connectivity index (χ2v) is 4.75. The molecular weight excluding hydrogens is 306 g/mol. The fourth-order valence-electron chi connectivity index (χ4n) is 1.61. The zero-order valence-electron chi connectivity index (χ0n) is 10.5. The maximum Gasteiger partial charge on any atom is 0.255 e. The first-order valence-electron chi connectivity index (χ1n) is 5.96. The van der Waals surface area contributed by atoms with Crippen LogP contribution in [0.1, 0.15) is 17.3 Å². The molecule has 5 heteroatoms. The van der Waals surface area contributed by atoms with Crippen molar-refractivity contribution in [1.82, 2.24) is 4.98 Å². The van der Waals surface area contributed by atoms with E-state index in [9.17, 15) is 4.79 Å². The maximum absolute atomic E-state index is 12.1. The number of pyridine rings is 1. The second-order valence-electron chi connectivity index (χ2n) is 3.89. The summed E-state index contributed by atoms with van der Waals surface area (Å²) < 4.78 is 0.851. The van der Waals surface area contributed by atoms with E-state index in [0.29, 0.717) is 11.4 Å². The zero-order valence-corrected chi connectivity index (χ0v) is 12.1. The van der Waals surface area contributed by atoms with Gasteiger partial charge < -0.3 is 10.6 Å². The number of carbonyl (C=O) groups excluding carboxylic acids is 1. The molecule has 1 amide bonds. The molecule has 19 heavy (non-hydrogen) atoms. The highest BCUT2D eigenvalue weighted by Gasteiger charge is 2.08. The summed E-state index contributed by atoms with van der Waals surface area (Å²) in [5.74, 6) is 0.538. The van der Waals surface area contributed by atoms with Crippen molar-refractivity contribution in [2.75, 3.05) is 17.2 Å². The topological polar surface area (TPSA) is 54.0 Å². The van der Waals surface area contributed by atoms with Gasteiger partial charge in [-0.15, -0.1) is 0 Å². The van der Waals surface area contributed by atoms with Crippen molar-refractivity contribution in [3.63, 3.8) is 0 Å². The third kappa shape index (κ3) is 3.54. The van der Waals surface area contributed by atoms with E-state index in [2.05, 4.69) is 31.5 Å². The Morgan fingerprint density at radius 3 is 2.84 bits per heavy atom. The highest BCUT2D eigenvalue weighted by atomic mass is 79.9. The van der Waals surface area contributed by atoms with Gasteiger partial charge in [0, 0.05) is 22.8 Å². The van der Waals surface area contributed by atoms with Crippen LogP contribution in [-0.4, -0.2) is 17.4 Å². The number of carbonyl (C=O) groups is 1. The minimum Gasteiger partial charge on any atom is -0.370 e. The Morgan fingerprint density at radius 1 is 1.32 bits per heavy atom. The molecule has 0 aliphatic heterocycles. The number of aromatic nitrogens is 1. The molecule has 0 bridgehead atoms. The van der Waals surface area contributed by atoms with Crippen molar-refractivity contribution in [1.29, 1.82) is 0 Å². The predicted molar refractivity (Wildman–Crippen MR) is 80.5 cm³/mol. The number of anilines is 2.